The Morgan fingerprint density at radius 3 is 2.00 bits per heavy atom. The van der Waals surface area contributed by atoms with E-state index in [1.165, 1.54) is 0 Å². The summed E-state index contributed by atoms with van der Waals surface area (Å²) >= 11 is 0. The molecule has 0 radical (unpaired) electrons. The van der Waals surface area contributed by atoms with E-state index in [1.54, 1.807) is 7.11 Å². The maximum absolute atomic E-state index is 5.72. The summed E-state index contributed by atoms with van der Waals surface area (Å²) in [7, 11) is 1.69. The Balaban J connectivity index is 3.86. The van der Waals surface area contributed by atoms with E-state index in [0.29, 0.717) is 13.2 Å². The van der Waals surface area contributed by atoms with Gasteiger partial charge in [-0.25, -0.2) is 0 Å². The second kappa shape index (κ2) is 4.94. The molecule has 0 aliphatic carbocycles. The van der Waals surface area contributed by atoms with Crippen LogP contribution in [0.5, 0.6) is 0 Å². The maximum atomic E-state index is 5.72. The van der Waals surface area contributed by atoms with Crippen molar-refractivity contribution in [2.45, 2.75) is 45.3 Å². The van der Waals surface area contributed by atoms with Crippen molar-refractivity contribution < 1.29 is 9.47 Å². The van der Waals surface area contributed by atoms with Crippen molar-refractivity contribution in [1.29, 1.82) is 0 Å². The van der Waals surface area contributed by atoms with Gasteiger partial charge in [-0.3, -0.25) is 0 Å². The molecule has 0 spiro atoms. The molecule has 13 heavy (non-hydrogen) atoms. The molecule has 2 N–H and O–H groups in total. The van der Waals surface area contributed by atoms with E-state index in [4.69, 9.17) is 15.2 Å². The van der Waals surface area contributed by atoms with Gasteiger partial charge in [0.1, 0.15) is 0 Å². The summed E-state index contributed by atoms with van der Waals surface area (Å²) in [4.78, 5) is 0. The van der Waals surface area contributed by atoms with Crippen LogP contribution >= 0.6 is 0 Å². The molecular formula is C10H23NO2. The first-order chi connectivity index (χ1) is 5.83. The van der Waals surface area contributed by atoms with Crippen LogP contribution in [0.25, 0.3) is 0 Å². The van der Waals surface area contributed by atoms with E-state index in [-0.39, 0.29) is 11.2 Å². The quantitative estimate of drug-likeness (QED) is 0.689. The molecule has 0 aromatic rings. The summed E-state index contributed by atoms with van der Waals surface area (Å²) < 4.78 is 11.0. The predicted molar refractivity (Wildman–Crippen MR) is 54.8 cm³/mol. The molecule has 3 heteroatoms. The van der Waals surface area contributed by atoms with Gasteiger partial charge in [-0.15, -0.1) is 0 Å². The van der Waals surface area contributed by atoms with Crippen molar-refractivity contribution in [3.8, 4) is 0 Å². The van der Waals surface area contributed by atoms with Crippen LogP contribution in [0.15, 0.2) is 0 Å². The minimum Gasteiger partial charge on any atom is -0.376 e. The molecule has 0 saturated heterocycles. The third kappa shape index (κ3) is 6.02. The Labute approximate surface area is 81.6 Å². The average molecular weight is 189 g/mol. The number of ether oxygens (including phenoxy) is 2. The predicted octanol–water partition coefficient (Wildman–Crippen LogP) is 1.56. The second-order valence-electron chi connectivity index (χ2n) is 4.55. The Morgan fingerprint density at radius 1 is 1.08 bits per heavy atom. The molecule has 0 unspecified atom stereocenters. The van der Waals surface area contributed by atoms with Gasteiger partial charge >= 0.3 is 0 Å². The highest BCUT2D eigenvalue weighted by molar-refractivity contribution is 4.73. The zero-order valence-electron chi connectivity index (χ0n) is 9.52. The SMILES string of the molecule is COC(C)(C)COC(C)(C)CCN. The van der Waals surface area contributed by atoms with Crippen LogP contribution in [-0.2, 0) is 9.47 Å². The topological polar surface area (TPSA) is 44.5 Å². The van der Waals surface area contributed by atoms with E-state index >= 15 is 0 Å². The Morgan fingerprint density at radius 2 is 1.62 bits per heavy atom. The van der Waals surface area contributed by atoms with Gasteiger partial charge in [-0.1, -0.05) is 0 Å². The lowest BCUT2D eigenvalue weighted by Gasteiger charge is -2.30. The molecule has 0 aromatic heterocycles. The summed E-state index contributed by atoms with van der Waals surface area (Å²) in [5.74, 6) is 0. The fourth-order valence-electron chi connectivity index (χ4n) is 0.848. The zero-order valence-corrected chi connectivity index (χ0v) is 9.52. The van der Waals surface area contributed by atoms with Crippen LogP contribution in [0.3, 0.4) is 0 Å². The third-order valence-electron chi connectivity index (χ3n) is 2.11. The normalized spacial score (nSPS) is 13.4. The van der Waals surface area contributed by atoms with E-state index < -0.39 is 0 Å². The van der Waals surface area contributed by atoms with Gasteiger partial charge in [0.15, 0.2) is 0 Å². The van der Waals surface area contributed by atoms with Crippen LogP contribution in [0.1, 0.15) is 34.1 Å². The Kier molecular flexibility index (Phi) is 4.89. The van der Waals surface area contributed by atoms with E-state index in [1.807, 2.05) is 27.7 Å². The smallest absolute Gasteiger partial charge is 0.0855 e. The van der Waals surface area contributed by atoms with Gasteiger partial charge in [0.25, 0.3) is 0 Å². The molecule has 0 atom stereocenters. The van der Waals surface area contributed by atoms with Crippen molar-refractivity contribution in [3.63, 3.8) is 0 Å². The largest absolute Gasteiger partial charge is 0.376 e. The fraction of sp³-hybridized carbons (Fsp3) is 1.00. The average Bonchev–Trinajstić information content (AvgIpc) is 2.02. The van der Waals surface area contributed by atoms with Crippen molar-refractivity contribution in [1.82, 2.24) is 0 Å². The highest BCUT2D eigenvalue weighted by atomic mass is 16.5. The molecule has 0 aromatic carbocycles. The molecular weight excluding hydrogens is 166 g/mol. The molecule has 0 bridgehead atoms. The Bertz CT molecular complexity index is 144. The van der Waals surface area contributed by atoms with E-state index in [2.05, 4.69) is 0 Å². The first-order valence-electron chi connectivity index (χ1n) is 4.72. The van der Waals surface area contributed by atoms with Gasteiger partial charge in [0.05, 0.1) is 17.8 Å². The summed E-state index contributed by atoms with van der Waals surface area (Å²) in [5, 5.41) is 0. The lowest BCUT2D eigenvalue weighted by atomic mass is 10.0. The van der Waals surface area contributed by atoms with Gasteiger partial charge in [0, 0.05) is 7.11 Å². The van der Waals surface area contributed by atoms with Crippen molar-refractivity contribution >= 4 is 0 Å². The van der Waals surface area contributed by atoms with Crippen molar-refractivity contribution in [2.24, 2.45) is 5.73 Å². The number of hydrogen-bond acceptors (Lipinski definition) is 3. The minimum absolute atomic E-state index is 0.148. The first-order valence-corrected chi connectivity index (χ1v) is 4.72. The zero-order chi connectivity index (χ0) is 10.5. The standard InChI is InChI=1S/C10H23NO2/c1-9(2,6-7-11)13-8-10(3,4)12-5/h6-8,11H2,1-5H3. The fourth-order valence-corrected chi connectivity index (χ4v) is 0.848. The molecule has 0 heterocycles. The van der Waals surface area contributed by atoms with Gasteiger partial charge < -0.3 is 15.2 Å². The number of hydrogen-bond donors (Lipinski definition) is 1. The molecule has 0 saturated carbocycles. The Hall–Kier alpha value is -0.120. The van der Waals surface area contributed by atoms with Gasteiger partial charge in [-0.05, 0) is 40.7 Å². The van der Waals surface area contributed by atoms with Crippen molar-refractivity contribution in [3.05, 3.63) is 0 Å². The number of nitrogens with two attached hydrogens (primary N) is 1. The van der Waals surface area contributed by atoms with Crippen LogP contribution in [0.4, 0.5) is 0 Å². The summed E-state index contributed by atoms with van der Waals surface area (Å²) in [6.45, 7) is 9.35. The highest BCUT2D eigenvalue weighted by Gasteiger charge is 2.23. The van der Waals surface area contributed by atoms with E-state index in [9.17, 15) is 0 Å². The molecule has 0 fully saturated rings. The van der Waals surface area contributed by atoms with E-state index in [0.717, 1.165) is 6.42 Å². The number of rotatable bonds is 6. The second-order valence-corrected chi connectivity index (χ2v) is 4.55. The molecule has 0 aliphatic rings. The van der Waals surface area contributed by atoms with Crippen LogP contribution in [0.2, 0.25) is 0 Å². The summed E-state index contributed by atoms with van der Waals surface area (Å²) in [5.41, 5.74) is 5.11. The molecule has 3 nitrogen and oxygen atoms in total. The molecule has 80 valence electrons. The summed E-state index contributed by atoms with van der Waals surface area (Å²) in [6.07, 6.45) is 0.868. The van der Waals surface area contributed by atoms with Crippen molar-refractivity contribution in [2.75, 3.05) is 20.3 Å². The van der Waals surface area contributed by atoms with Crippen LogP contribution in [-0.4, -0.2) is 31.5 Å². The number of methoxy groups -OCH3 is 1. The van der Waals surface area contributed by atoms with Crippen LogP contribution < -0.4 is 5.73 Å². The molecule has 0 rings (SSSR count). The maximum Gasteiger partial charge on any atom is 0.0855 e. The first kappa shape index (κ1) is 12.9. The minimum atomic E-state index is -0.216. The monoisotopic (exact) mass is 189 g/mol. The third-order valence-corrected chi connectivity index (χ3v) is 2.11. The van der Waals surface area contributed by atoms with Gasteiger partial charge in [-0.2, -0.15) is 0 Å². The van der Waals surface area contributed by atoms with Gasteiger partial charge in [0.2, 0.25) is 0 Å². The molecule has 0 aliphatic heterocycles. The van der Waals surface area contributed by atoms with Crippen LogP contribution in [0, 0.1) is 0 Å². The lowest BCUT2D eigenvalue weighted by molar-refractivity contribution is -0.107. The summed E-state index contributed by atoms with van der Waals surface area (Å²) in [6, 6.07) is 0. The molecule has 0 amide bonds. The lowest BCUT2D eigenvalue weighted by Crippen LogP contribution is -2.36. The highest BCUT2D eigenvalue weighted by Crippen LogP contribution is 2.17.